The Hall–Kier alpha value is -4.54. The lowest BCUT2D eigenvalue weighted by Crippen LogP contribution is -2.87. The highest BCUT2D eigenvalue weighted by molar-refractivity contribution is 6.16. The molecule has 8 amide bonds. The molecule has 0 unspecified atom stereocenters. The van der Waals surface area contributed by atoms with Crippen LogP contribution in [0, 0.1) is 0 Å². The van der Waals surface area contributed by atoms with Crippen molar-refractivity contribution in [1.82, 2.24) is 19.6 Å². The number of rotatable bonds is 8. The second-order valence-corrected chi connectivity index (χ2v) is 8.86. The number of likely N-dealkylation sites (tertiary alicyclic amines) is 4. The molecule has 38 heavy (non-hydrogen) atoms. The molecule has 4 aliphatic rings. The molecular formula is C21H22N4O13. The van der Waals surface area contributed by atoms with E-state index >= 15 is 0 Å². The van der Waals surface area contributed by atoms with Crippen LogP contribution in [0.2, 0.25) is 0 Å². The number of carboxylic acids is 2. The van der Waals surface area contributed by atoms with Crippen LogP contribution in [0.1, 0.15) is 57.8 Å². The van der Waals surface area contributed by atoms with Gasteiger partial charge in [-0.1, -0.05) is 0 Å². The summed E-state index contributed by atoms with van der Waals surface area (Å²) < 4.78 is 0. The number of carboxylic acid groups (broad SMARTS) is 2. The average molecular weight is 538 g/mol. The van der Waals surface area contributed by atoms with Gasteiger partial charge in [-0.3, -0.25) is 53.0 Å². The Morgan fingerprint density at radius 2 is 0.763 bits per heavy atom. The van der Waals surface area contributed by atoms with Crippen LogP contribution in [0.25, 0.3) is 0 Å². The molecule has 0 spiro atoms. The molecule has 0 aliphatic carbocycles. The van der Waals surface area contributed by atoms with Gasteiger partial charge in [0, 0.05) is 51.4 Å². The third-order valence-electron chi connectivity index (χ3n) is 6.85. The number of carbonyl (C=O) groups is 10. The normalized spacial score (nSPS) is 20.8. The molecule has 0 aromatic rings. The summed E-state index contributed by atoms with van der Waals surface area (Å²) in [6, 6.07) is 0. The Kier molecular flexibility index (Phi) is 6.94. The number of nitrogens with zero attached hydrogens (tertiary/aromatic N) is 4. The van der Waals surface area contributed by atoms with E-state index in [0.29, 0.717) is 0 Å². The van der Waals surface area contributed by atoms with Gasteiger partial charge in [-0.15, -0.1) is 0 Å². The highest BCUT2D eigenvalue weighted by Gasteiger charge is 2.79. The van der Waals surface area contributed by atoms with E-state index in [-0.39, 0.29) is 25.1 Å². The van der Waals surface area contributed by atoms with Gasteiger partial charge in [0.15, 0.2) is 5.66 Å². The lowest BCUT2D eigenvalue weighted by Gasteiger charge is -2.58. The zero-order valence-corrected chi connectivity index (χ0v) is 19.6. The van der Waals surface area contributed by atoms with Crippen molar-refractivity contribution in [2.24, 2.45) is 0 Å². The zero-order valence-electron chi connectivity index (χ0n) is 19.6. The van der Waals surface area contributed by atoms with Crippen LogP contribution >= 0.6 is 0 Å². The summed E-state index contributed by atoms with van der Waals surface area (Å²) in [4.78, 5) is 130. The fourth-order valence-electron chi connectivity index (χ4n) is 5.58. The van der Waals surface area contributed by atoms with Crippen molar-refractivity contribution in [3.63, 3.8) is 0 Å². The predicted octanol–water partition coefficient (Wildman–Crippen LogP) is -3.29. The van der Waals surface area contributed by atoms with Crippen molar-refractivity contribution in [2.45, 2.75) is 69.1 Å². The van der Waals surface area contributed by atoms with Crippen molar-refractivity contribution >= 4 is 59.2 Å². The van der Waals surface area contributed by atoms with Crippen molar-refractivity contribution in [3.05, 3.63) is 0 Å². The van der Waals surface area contributed by atoms with Gasteiger partial charge in [0.2, 0.25) is 47.3 Å². The Balaban J connectivity index is 0.00000400. The van der Waals surface area contributed by atoms with E-state index in [1.165, 1.54) is 0 Å². The predicted molar refractivity (Wildman–Crippen MR) is 113 cm³/mol. The number of hydrogen-bond donors (Lipinski definition) is 2. The van der Waals surface area contributed by atoms with Crippen LogP contribution in [0.3, 0.4) is 0 Å². The zero-order chi connectivity index (χ0) is 27.4. The van der Waals surface area contributed by atoms with Gasteiger partial charge < -0.3 is 15.7 Å². The van der Waals surface area contributed by atoms with E-state index < -0.39 is 128 Å². The molecule has 17 nitrogen and oxygen atoms in total. The summed E-state index contributed by atoms with van der Waals surface area (Å²) in [7, 11) is 0. The fourth-order valence-corrected chi connectivity index (χ4v) is 5.58. The Morgan fingerprint density at radius 1 is 0.526 bits per heavy atom. The van der Waals surface area contributed by atoms with E-state index in [1.54, 1.807) is 0 Å². The summed E-state index contributed by atoms with van der Waals surface area (Å²) >= 11 is 0. The lowest BCUT2D eigenvalue weighted by molar-refractivity contribution is -0.225. The highest BCUT2D eigenvalue weighted by atomic mass is 16.4. The average Bonchev–Trinajstić information content (AvgIpc) is 3.53. The number of carbonyl (C=O) groups excluding carboxylic acids is 8. The van der Waals surface area contributed by atoms with Gasteiger partial charge in [0.1, 0.15) is 0 Å². The largest absolute Gasteiger partial charge is 0.481 e. The van der Waals surface area contributed by atoms with E-state index in [0.717, 1.165) is 0 Å². The minimum absolute atomic E-state index is 0. The van der Waals surface area contributed by atoms with Crippen LogP contribution in [0.4, 0.5) is 0 Å². The molecule has 0 radical (unpaired) electrons. The van der Waals surface area contributed by atoms with E-state index in [1.807, 2.05) is 0 Å². The van der Waals surface area contributed by atoms with E-state index in [4.69, 9.17) is 0 Å². The second kappa shape index (κ2) is 9.40. The monoisotopic (exact) mass is 538 g/mol. The van der Waals surface area contributed by atoms with Gasteiger partial charge in [-0.25, -0.2) is 14.6 Å². The first-order valence-corrected chi connectivity index (χ1v) is 11.2. The molecule has 4 aliphatic heterocycles. The summed E-state index contributed by atoms with van der Waals surface area (Å²) in [5.74, 6) is -14.4. The smallest absolute Gasteiger partial charge is 0.356 e. The van der Waals surface area contributed by atoms with Gasteiger partial charge in [0.05, 0.1) is 6.42 Å². The van der Waals surface area contributed by atoms with E-state index in [9.17, 15) is 58.2 Å². The molecule has 0 atom stereocenters. The van der Waals surface area contributed by atoms with Crippen molar-refractivity contribution in [2.75, 3.05) is 0 Å². The number of amides is 8. The number of aliphatic carboxylic acids is 2. The number of imide groups is 4. The Labute approximate surface area is 212 Å². The molecule has 0 bridgehead atoms. The Bertz CT molecular complexity index is 1090. The van der Waals surface area contributed by atoms with Crippen LogP contribution in [-0.2, 0) is 47.9 Å². The SMILES string of the molecule is O.O=C(O)CC(N1C(=O)CCC1=O)(N1C(=O)CCC1=O)C(C(=O)O)(N1C(=O)CCC1=O)N1C(=O)CCC1=O. The van der Waals surface area contributed by atoms with Crippen LogP contribution < -0.4 is 0 Å². The number of hydrogen-bond acceptors (Lipinski definition) is 10. The molecule has 4 heterocycles. The first-order chi connectivity index (χ1) is 17.3. The molecular weight excluding hydrogens is 516 g/mol. The van der Waals surface area contributed by atoms with Crippen LogP contribution in [0.5, 0.6) is 0 Å². The maximum atomic E-state index is 13.4. The molecule has 0 aromatic carbocycles. The van der Waals surface area contributed by atoms with Gasteiger partial charge in [-0.05, 0) is 0 Å². The quantitative estimate of drug-likeness (QED) is 0.288. The molecule has 4 N–H and O–H groups in total. The Morgan fingerprint density at radius 3 is 0.974 bits per heavy atom. The molecule has 0 saturated carbocycles. The molecule has 4 fully saturated rings. The third kappa shape index (κ3) is 3.49. The van der Waals surface area contributed by atoms with Gasteiger partial charge >= 0.3 is 11.9 Å². The molecule has 0 aromatic heterocycles. The topological polar surface area (TPSA) is 256 Å². The molecule has 204 valence electrons. The van der Waals surface area contributed by atoms with E-state index in [2.05, 4.69) is 0 Å². The molecule has 4 saturated heterocycles. The molecule has 4 rings (SSSR count). The summed E-state index contributed by atoms with van der Waals surface area (Å²) in [6.45, 7) is 0. The maximum absolute atomic E-state index is 13.4. The second-order valence-electron chi connectivity index (χ2n) is 8.86. The summed E-state index contributed by atoms with van der Waals surface area (Å²) in [5.41, 5.74) is -7.29. The van der Waals surface area contributed by atoms with Crippen LogP contribution in [-0.4, -0.2) is 106 Å². The van der Waals surface area contributed by atoms with Crippen LogP contribution in [0.15, 0.2) is 0 Å². The first kappa shape index (κ1) is 28.0. The van der Waals surface area contributed by atoms with Crippen molar-refractivity contribution < 1.29 is 63.6 Å². The lowest BCUT2D eigenvalue weighted by atomic mass is 9.81. The van der Waals surface area contributed by atoms with Gasteiger partial charge in [0.25, 0.3) is 5.66 Å². The third-order valence-corrected chi connectivity index (χ3v) is 6.85. The molecule has 17 heteroatoms. The maximum Gasteiger partial charge on any atom is 0.356 e. The summed E-state index contributed by atoms with van der Waals surface area (Å²) in [6.07, 6.45) is -6.62. The first-order valence-electron chi connectivity index (χ1n) is 11.2. The minimum Gasteiger partial charge on any atom is -0.481 e. The fraction of sp³-hybridized carbons (Fsp3) is 0.524. The minimum atomic E-state index is -3.79. The highest BCUT2D eigenvalue weighted by Crippen LogP contribution is 2.49. The van der Waals surface area contributed by atoms with Gasteiger partial charge in [-0.2, -0.15) is 0 Å². The van der Waals surface area contributed by atoms with Crippen molar-refractivity contribution in [3.8, 4) is 0 Å². The van der Waals surface area contributed by atoms with Crippen molar-refractivity contribution in [1.29, 1.82) is 0 Å². The standard InChI is InChI=1S/C21H20N4O12.H2O/c26-10-1-2-11(27)22(10)20(9-18(34)35,23-12(28)3-4-13(23)29)21(19(36)37,24-14(30)5-6-15(24)31)25-16(32)7-8-17(25)33;/h1-9H2,(H,34,35)(H,36,37);1H2. The summed E-state index contributed by atoms with van der Waals surface area (Å²) in [5, 5.41) is 20.7.